The van der Waals surface area contributed by atoms with E-state index in [4.69, 9.17) is 0 Å². The van der Waals surface area contributed by atoms with E-state index in [0.717, 1.165) is 24.0 Å². The van der Waals surface area contributed by atoms with Gasteiger partial charge in [-0.1, -0.05) is 24.3 Å². The highest BCUT2D eigenvalue weighted by molar-refractivity contribution is 5.76. The first-order valence-corrected chi connectivity index (χ1v) is 8.79. The minimum Gasteiger partial charge on any atom is -0.379 e. The van der Waals surface area contributed by atoms with E-state index in [1.165, 1.54) is 6.07 Å². The van der Waals surface area contributed by atoms with E-state index in [1.54, 1.807) is 18.2 Å². The first-order valence-electron chi connectivity index (χ1n) is 8.79. The van der Waals surface area contributed by atoms with E-state index in [1.807, 2.05) is 30.6 Å². The number of amides is 1. The van der Waals surface area contributed by atoms with Crippen LogP contribution in [-0.2, 0) is 11.3 Å². The first kappa shape index (κ1) is 18.4. The summed E-state index contributed by atoms with van der Waals surface area (Å²) in [5.74, 6) is -0.0865. The predicted molar refractivity (Wildman–Crippen MR) is 104 cm³/mol. The van der Waals surface area contributed by atoms with Crippen molar-refractivity contribution in [1.29, 1.82) is 0 Å². The van der Waals surface area contributed by atoms with Crippen LogP contribution in [0, 0.1) is 10.1 Å². The highest BCUT2D eigenvalue weighted by atomic mass is 16.6. The summed E-state index contributed by atoms with van der Waals surface area (Å²) in [6.45, 7) is 1.68. The van der Waals surface area contributed by atoms with E-state index in [0.29, 0.717) is 18.8 Å². The molecule has 0 spiro atoms. The van der Waals surface area contributed by atoms with E-state index < -0.39 is 4.92 Å². The molecule has 8 heteroatoms. The number of para-hydroxylation sites is 4. The number of nitrogens with zero attached hydrogens (tertiary/aromatic N) is 3. The number of carbonyl (C=O) groups is 1. The Balaban J connectivity index is 1.37. The molecule has 0 unspecified atom stereocenters. The van der Waals surface area contributed by atoms with Crippen molar-refractivity contribution in [3.63, 3.8) is 0 Å². The van der Waals surface area contributed by atoms with Crippen LogP contribution >= 0.6 is 0 Å². The molecule has 0 bridgehead atoms. The van der Waals surface area contributed by atoms with E-state index in [-0.39, 0.29) is 18.0 Å². The van der Waals surface area contributed by atoms with Crippen LogP contribution in [0.3, 0.4) is 0 Å². The molecule has 1 aromatic heterocycles. The van der Waals surface area contributed by atoms with Gasteiger partial charge in [0.15, 0.2) is 0 Å². The topological polar surface area (TPSA) is 102 Å². The molecule has 0 saturated heterocycles. The lowest BCUT2D eigenvalue weighted by molar-refractivity contribution is -0.384. The van der Waals surface area contributed by atoms with Crippen molar-refractivity contribution < 1.29 is 9.72 Å². The fourth-order valence-corrected chi connectivity index (χ4v) is 2.85. The Kier molecular flexibility index (Phi) is 5.98. The van der Waals surface area contributed by atoms with Crippen LogP contribution in [-0.4, -0.2) is 33.5 Å². The summed E-state index contributed by atoms with van der Waals surface area (Å²) < 4.78 is 2.07. The van der Waals surface area contributed by atoms with Gasteiger partial charge in [0.05, 0.1) is 22.3 Å². The summed E-state index contributed by atoms with van der Waals surface area (Å²) in [5.41, 5.74) is 2.47. The van der Waals surface area contributed by atoms with Crippen molar-refractivity contribution in [2.45, 2.75) is 19.4 Å². The molecule has 0 aliphatic heterocycles. The van der Waals surface area contributed by atoms with Gasteiger partial charge in [0, 0.05) is 32.1 Å². The second-order valence-electron chi connectivity index (χ2n) is 6.08. The van der Waals surface area contributed by atoms with Crippen LogP contribution in [0.1, 0.15) is 12.8 Å². The number of imidazole rings is 1. The molecule has 1 amide bonds. The van der Waals surface area contributed by atoms with E-state index >= 15 is 0 Å². The average Bonchev–Trinajstić information content (AvgIpc) is 3.09. The molecule has 0 radical (unpaired) electrons. The van der Waals surface area contributed by atoms with Crippen LogP contribution in [0.4, 0.5) is 11.4 Å². The third-order valence-corrected chi connectivity index (χ3v) is 4.19. The molecule has 3 rings (SSSR count). The normalized spacial score (nSPS) is 10.7. The summed E-state index contributed by atoms with van der Waals surface area (Å²) >= 11 is 0. The van der Waals surface area contributed by atoms with Crippen molar-refractivity contribution in [2.75, 3.05) is 18.4 Å². The van der Waals surface area contributed by atoms with Crippen molar-refractivity contribution >= 4 is 28.3 Å². The number of rotatable bonds is 9. The maximum atomic E-state index is 11.9. The molecule has 1 heterocycles. The molecule has 0 fully saturated rings. The Hall–Kier alpha value is -3.42. The molecule has 27 heavy (non-hydrogen) atoms. The van der Waals surface area contributed by atoms with Gasteiger partial charge in [0.25, 0.3) is 5.69 Å². The number of benzene rings is 2. The largest absolute Gasteiger partial charge is 0.379 e. The van der Waals surface area contributed by atoms with Gasteiger partial charge in [-0.15, -0.1) is 0 Å². The van der Waals surface area contributed by atoms with Gasteiger partial charge < -0.3 is 15.2 Å². The Labute approximate surface area is 156 Å². The molecule has 0 aliphatic carbocycles. The van der Waals surface area contributed by atoms with Gasteiger partial charge in [0.1, 0.15) is 5.69 Å². The van der Waals surface area contributed by atoms with Crippen molar-refractivity contribution in [1.82, 2.24) is 14.9 Å². The molecular formula is C19H21N5O3. The molecule has 0 aliphatic rings. The SMILES string of the molecule is O=C(CCNc1ccccc1[N+](=O)[O-])NCCCn1cnc2ccccc21. The Morgan fingerprint density at radius 3 is 2.74 bits per heavy atom. The Bertz CT molecular complexity index is 938. The minimum atomic E-state index is -0.442. The van der Waals surface area contributed by atoms with Crippen molar-refractivity contribution in [3.05, 3.63) is 65.0 Å². The van der Waals surface area contributed by atoms with Gasteiger partial charge >= 0.3 is 0 Å². The summed E-state index contributed by atoms with van der Waals surface area (Å²) in [4.78, 5) is 26.8. The second-order valence-corrected chi connectivity index (χ2v) is 6.08. The van der Waals surface area contributed by atoms with Gasteiger partial charge in [-0.2, -0.15) is 0 Å². The quantitative estimate of drug-likeness (QED) is 0.344. The monoisotopic (exact) mass is 367 g/mol. The number of aryl methyl sites for hydroxylation is 1. The molecule has 0 saturated carbocycles. The zero-order valence-corrected chi connectivity index (χ0v) is 14.8. The number of nitrogens with one attached hydrogen (secondary N) is 2. The third-order valence-electron chi connectivity index (χ3n) is 4.19. The number of nitro groups is 1. The lowest BCUT2D eigenvalue weighted by Gasteiger charge is -2.08. The Morgan fingerprint density at radius 2 is 1.89 bits per heavy atom. The number of hydrogen-bond acceptors (Lipinski definition) is 5. The highest BCUT2D eigenvalue weighted by Crippen LogP contribution is 2.22. The van der Waals surface area contributed by atoms with Crippen LogP contribution < -0.4 is 10.6 Å². The lowest BCUT2D eigenvalue weighted by Crippen LogP contribution is -2.27. The first-order chi connectivity index (χ1) is 13.1. The van der Waals surface area contributed by atoms with Crippen molar-refractivity contribution in [3.8, 4) is 0 Å². The number of hydrogen-bond donors (Lipinski definition) is 2. The van der Waals surface area contributed by atoms with Gasteiger partial charge in [-0.25, -0.2) is 4.98 Å². The molecule has 140 valence electrons. The molecular weight excluding hydrogens is 346 g/mol. The number of nitro benzene ring substituents is 1. The van der Waals surface area contributed by atoms with E-state index in [9.17, 15) is 14.9 Å². The molecule has 2 aromatic carbocycles. The molecule has 8 nitrogen and oxygen atoms in total. The number of fused-ring (bicyclic) bond motifs is 1. The fourth-order valence-electron chi connectivity index (χ4n) is 2.85. The molecule has 3 aromatic rings. The Morgan fingerprint density at radius 1 is 1.11 bits per heavy atom. The van der Waals surface area contributed by atoms with Crippen molar-refractivity contribution in [2.24, 2.45) is 0 Å². The summed E-state index contributed by atoms with van der Waals surface area (Å²) in [6.07, 6.45) is 2.85. The standard InChI is InChI=1S/C19H21N5O3/c25-19(10-12-20-16-7-2-4-9-18(16)24(26)27)21-11-5-13-23-14-22-15-6-1-3-8-17(15)23/h1-4,6-9,14,20H,5,10-13H2,(H,21,25). The summed E-state index contributed by atoms with van der Waals surface area (Å²) in [7, 11) is 0. The number of carbonyl (C=O) groups excluding carboxylic acids is 1. The average molecular weight is 367 g/mol. The number of aromatic nitrogens is 2. The maximum Gasteiger partial charge on any atom is 0.292 e. The maximum absolute atomic E-state index is 11.9. The smallest absolute Gasteiger partial charge is 0.292 e. The van der Waals surface area contributed by atoms with Gasteiger partial charge in [-0.3, -0.25) is 14.9 Å². The van der Waals surface area contributed by atoms with Gasteiger partial charge in [0.2, 0.25) is 5.91 Å². The predicted octanol–water partition coefficient (Wildman–Crippen LogP) is 2.95. The summed E-state index contributed by atoms with van der Waals surface area (Å²) in [6, 6.07) is 14.3. The highest BCUT2D eigenvalue weighted by Gasteiger charge is 2.12. The molecule has 2 N–H and O–H groups in total. The lowest BCUT2D eigenvalue weighted by atomic mass is 10.2. The zero-order valence-electron chi connectivity index (χ0n) is 14.8. The summed E-state index contributed by atoms with van der Waals surface area (Å²) in [5, 5.41) is 16.8. The second kappa shape index (κ2) is 8.79. The zero-order chi connectivity index (χ0) is 19.1. The van der Waals surface area contributed by atoms with E-state index in [2.05, 4.69) is 20.2 Å². The number of anilines is 1. The molecule has 0 atom stereocenters. The van der Waals surface area contributed by atoms with Gasteiger partial charge in [-0.05, 0) is 24.6 Å². The minimum absolute atomic E-state index is 0.00506. The van der Waals surface area contributed by atoms with Crippen LogP contribution in [0.2, 0.25) is 0 Å². The van der Waals surface area contributed by atoms with Crippen LogP contribution in [0.25, 0.3) is 11.0 Å². The van der Waals surface area contributed by atoms with Crippen LogP contribution in [0.5, 0.6) is 0 Å². The fraction of sp³-hybridized carbons (Fsp3) is 0.263. The van der Waals surface area contributed by atoms with Crippen LogP contribution in [0.15, 0.2) is 54.9 Å². The third kappa shape index (κ3) is 4.81.